The molecular weight excluding hydrogens is 477 g/mol. The number of para-hydroxylation sites is 1. The van der Waals surface area contributed by atoms with Crippen molar-refractivity contribution in [3.05, 3.63) is 64.9 Å². The van der Waals surface area contributed by atoms with Crippen LogP contribution in [0.4, 0.5) is 18.9 Å². The minimum Gasteiger partial charge on any atom is -0.384 e. The van der Waals surface area contributed by atoms with E-state index in [-0.39, 0.29) is 23.8 Å². The molecule has 0 bridgehead atoms. The van der Waals surface area contributed by atoms with Gasteiger partial charge in [0.05, 0.1) is 19.0 Å². The van der Waals surface area contributed by atoms with Crippen LogP contribution < -0.4 is 5.32 Å². The second-order valence-electron chi connectivity index (χ2n) is 9.67. The fourth-order valence-electron chi connectivity index (χ4n) is 5.49. The van der Waals surface area contributed by atoms with E-state index in [1.807, 2.05) is 24.3 Å². The number of H-pyrrole nitrogens is 1. The first-order chi connectivity index (χ1) is 16.7. The van der Waals surface area contributed by atoms with Gasteiger partial charge in [0.1, 0.15) is 11.6 Å². The van der Waals surface area contributed by atoms with E-state index < -0.39 is 33.7 Å². The maximum absolute atomic E-state index is 15.5. The quantitative estimate of drug-likeness (QED) is 0.507. The van der Waals surface area contributed by atoms with E-state index >= 15 is 8.78 Å². The lowest BCUT2D eigenvalue weighted by atomic mass is 9.90. The van der Waals surface area contributed by atoms with Crippen LogP contribution in [0.2, 0.25) is 0 Å². The number of aromatic nitrogens is 1. The van der Waals surface area contributed by atoms with Gasteiger partial charge in [0.2, 0.25) is 10.0 Å². The average molecular weight is 507 g/mol. The van der Waals surface area contributed by atoms with Crippen molar-refractivity contribution in [1.82, 2.24) is 14.2 Å². The van der Waals surface area contributed by atoms with Gasteiger partial charge in [-0.05, 0) is 37.1 Å². The van der Waals surface area contributed by atoms with E-state index in [0.29, 0.717) is 38.3 Å². The maximum atomic E-state index is 15.5. The zero-order chi connectivity index (χ0) is 24.9. The molecule has 1 fully saturated rings. The van der Waals surface area contributed by atoms with Gasteiger partial charge in [0.15, 0.2) is 0 Å². The third kappa shape index (κ3) is 4.43. The summed E-state index contributed by atoms with van der Waals surface area (Å²) in [6.45, 7) is 3.90. The molecule has 0 amide bonds. The number of halogens is 3. The number of aromatic amines is 1. The molecule has 188 valence electrons. The molecule has 0 saturated carbocycles. The van der Waals surface area contributed by atoms with Gasteiger partial charge >= 0.3 is 0 Å². The highest BCUT2D eigenvalue weighted by Gasteiger charge is 2.43. The molecule has 3 aromatic rings. The topological polar surface area (TPSA) is 68.4 Å². The van der Waals surface area contributed by atoms with Gasteiger partial charge in [-0.3, -0.25) is 4.39 Å². The van der Waals surface area contributed by atoms with Crippen LogP contribution >= 0.6 is 0 Å². The van der Waals surface area contributed by atoms with E-state index in [1.165, 1.54) is 16.4 Å². The number of rotatable bonds is 7. The number of sulfonamides is 1. The molecule has 0 aliphatic carbocycles. The first-order valence-corrected chi connectivity index (χ1v) is 13.6. The predicted molar refractivity (Wildman–Crippen MR) is 131 cm³/mol. The van der Waals surface area contributed by atoms with Crippen molar-refractivity contribution in [3.8, 4) is 0 Å². The van der Waals surface area contributed by atoms with Crippen molar-refractivity contribution in [2.75, 3.05) is 44.4 Å². The number of nitrogens with zero attached hydrogens (tertiary/aromatic N) is 2. The SMILES string of the molecule is C[C@@H]1Cc2c([nH]c3ccccc23)[C@@H](c2c(F)cc(NCCN3CC(CF)C3)cc2F)N1S(C)(=O)=O. The van der Waals surface area contributed by atoms with Crippen LogP contribution in [0.5, 0.6) is 0 Å². The molecule has 5 rings (SSSR count). The van der Waals surface area contributed by atoms with Gasteiger partial charge in [-0.1, -0.05) is 18.2 Å². The van der Waals surface area contributed by atoms with E-state index in [9.17, 15) is 12.8 Å². The number of anilines is 1. The summed E-state index contributed by atoms with van der Waals surface area (Å²) in [6, 6.07) is 8.33. The van der Waals surface area contributed by atoms with E-state index in [0.717, 1.165) is 22.7 Å². The summed E-state index contributed by atoms with van der Waals surface area (Å²) in [5.41, 5.74) is 2.14. The molecule has 0 unspecified atom stereocenters. The highest BCUT2D eigenvalue weighted by Crippen LogP contribution is 2.43. The van der Waals surface area contributed by atoms with Crippen molar-refractivity contribution < 1.29 is 21.6 Å². The Bertz CT molecular complexity index is 1330. The summed E-state index contributed by atoms with van der Waals surface area (Å²) in [4.78, 5) is 5.31. The molecule has 10 heteroatoms. The van der Waals surface area contributed by atoms with Crippen molar-refractivity contribution in [3.63, 3.8) is 0 Å². The Morgan fingerprint density at radius 1 is 1.14 bits per heavy atom. The fourth-order valence-corrected chi connectivity index (χ4v) is 6.82. The van der Waals surface area contributed by atoms with Crippen molar-refractivity contribution in [2.24, 2.45) is 5.92 Å². The average Bonchev–Trinajstić information content (AvgIpc) is 3.12. The zero-order valence-electron chi connectivity index (χ0n) is 19.7. The highest BCUT2D eigenvalue weighted by molar-refractivity contribution is 7.88. The molecule has 2 N–H and O–H groups in total. The molecule has 2 aliphatic rings. The van der Waals surface area contributed by atoms with E-state index in [4.69, 9.17) is 0 Å². The van der Waals surface area contributed by atoms with Gasteiger partial charge in [-0.2, -0.15) is 4.31 Å². The molecule has 2 aliphatic heterocycles. The second-order valence-corrected chi connectivity index (χ2v) is 11.6. The summed E-state index contributed by atoms with van der Waals surface area (Å²) < 4.78 is 70.5. The van der Waals surface area contributed by atoms with Gasteiger partial charge in [-0.15, -0.1) is 0 Å². The Labute approximate surface area is 203 Å². The lowest BCUT2D eigenvalue weighted by Crippen LogP contribution is -2.49. The third-order valence-corrected chi connectivity index (χ3v) is 8.39. The number of likely N-dealkylation sites (tertiary alicyclic amines) is 1. The third-order valence-electron chi connectivity index (χ3n) is 7.05. The Kier molecular flexibility index (Phi) is 6.31. The van der Waals surface area contributed by atoms with Gasteiger partial charge < -0.3 is 15.2 Å². The van der Waals surface area contributed by atoms with Gasteiger partial charge in [0.25, 0.3) is 0 Å². The normalized spacial score (nSPS) is 21.7. The molecule has 0 spiro atoms. The highest BCUT2D eigenvalue weighted by atomic mass is 32.2. The van der Waals surface area contributed by atoms with Crippen molar-refractivity contribution in [1.29, 1.82) is 0 Å². The van der Waals surface area contributed by atoms with E-state index in [1.54, 1.807) is 6.92 Å². The molecule has 35 heavy (non-hydrogen) atoms. The number of fused-ring (bicyclic) bond motifs is 3. The molecule has 2 atom stereocenters. The molecule has 3 heterocycles. The Morgan fingerprint density at radius 3 is 2.49 bits per heavy atom. The summed E-state index contributed by atoms with van der Waals surface area (Å²) in [5.74, 6) is -1.55. The van der Waals surface area contributed by atoms with Crippen LogP contribution in [0.3, 0.4) is 0 Å². The predicted octanol–water partition coefficient (Wildman–Crippen LogP) is 4.05. The Morgan fingerprint density at radius 2 is 1.83 bits per heavy atom. The largest absolute Gasteiger partial charge is 0.384 e. The molecule has 1 saturated heterocycles. The first kappa shape index (κ1) is 24.1. The van der Waals surface area contributed by atoms with Gasteiger partial charge in [0, 0.05) is 66.0 Å². The zero-order valence-corrected chi connectivity index (χ0v) is 20.5. The lowest BCUT2D eigenvalue weighted by molar-refractivity contribution is 0.0856. The maximum Gasteiger partial charge on any atom is 0.212 e. The molecule has 6 nitrogen and oxygen atoms in total. The van der Waals surface area contributed by atoms with Crippen LogP contribution in [-0.2, 0) is 16.4 Å². The number of benzene rings is 2. The molecule has 1 aromatic heterocycles. The summed E-state index contributed by atoms with van der Waals surface area (Å²) in [5, 5.41) is 3.95. The van der Waals surface area contributed by atoms with Crippen LogP contribution in [0, 0.1) is 17.6 Å². The molecule has 2 aromatic carbocycles. The summed E-state index contributed by atoms with van der Waals surface area (Å²) >= 11 is 0. The monoisotopic (exact) mass is 506 g/mol. The van der Waals surface area contributed by atoms with Gasteiger partial charge in [-0.25, -0.2) is 17.2 Å². The van der Waals surface area contributed by atoms with Crippen LogP contribution in [0.15, 0.2) is 36.4 Å². The number of alkyl halides is 1. The number of nitrogens with one attached hydrogen (secondary N) is 2. The van der Waals surface area contributed by atoms with E-state index in [2.05, 4.69) is 15.2 Å². The first-order valence-electron chi connectivity index (χ1n) is 11.8. The summed E-state index contributed by atoms with van der Waals surface area (Å²) in [6.07, 6.45) is 1.50. The standard InChI is InChI=1S/C25H29F3N4O2S/c1-15-9-19-18-5-3-4-6-22(18)30-24(19)25(32(15)35(2,33)34)23-20(27)10-17(11-21(23)28)29-7-8-31-13-16(12-26)14-31/h3-6,10-11,15-16,25,29-30H,7-9,12-14H2,1-2H3/t15-,25-/m1/s1. The summed E-state index contributed by atoms with van der Waals surface area (Å²) in [7, 11) is -3.79. The van der Waals surface area contributed by atoms with Crippen molar-refractivity contribution in [2.45, 2.75) is 25.4 Å². The molecule has 0 radical (unpaired) electrons. The minimum absolute atomic E-state index is 0.0781. The van der Waals surface area contributed by atoms with Crippen LogP contribution in [0.25, 0.3) is 10.9 Å². The smallest absolute Gasteiger partial charge is 0.212 e. The van der Waals surface area contributed by atoms with Crippen LogP contribution in [0.1, 0.15) is 29.8 Å². The number of hydrogen-bond donors (Lipinski definition) is 2. The molecular formula is C25H29F3N4O2S. The van der Waals surface area contributed by atoms with Crippen molar-refractivity contribution >= 4 is 26.6 Å². The lowest BCUT2D eigenvalue weighted by Gasteiger charge is -2.39. The Balaban J connectivity index is 1.49. The fraction of sp³-hybridized carbons (Fsp3) is 0.440. The second kappa shape index (κ2) is 9.15. The Hall–Kier alpha value is -2.56. The minimum atomic E-state index is -3.79. The van der Waals surface area contributed by atoms with Crippen LogP contribution in [-0.4, -0.2) is 67.8 Å². The number of hydrogen-bond acceptors (Lipinski definition) is 4.